The Kier molecular flexibility index (Phi) is 8.04. The first-order valence-electron chi connectivity index (χ1n) is 8.97. The molecule has 0 bridgehead atoms. The Morgan fingerprint density at radius 3 is 2.10 bits per heavy atom. The molecule has 0 aliphatic carbocycles. The minimum atomic E-state index is -0.931. The molecule has 0 heterocycles. The number of carbonyl (C=O) groups is 3. The number of ether oxygens (including phenoxy) is 4. The molecule has 9 nitrogen and oxygen atoms in total. The Morgan fingerprint density at radius 2 is 1.53 bits per heavy atom. The first-order chi connectivity index (χ1) is 14.4. The first kappa shape index (κ1) is 22.5. The van der Waals surface area contributed by atoms with Crippen LogP contribution >= 0.6 is 0 Å². The first-order valence-corrected chi connectivity index (χ1v) is 8.97. The van der Waals surface area contributed by atoms with E-state index in [0.717, 1.165) is 5.56 Å². The van der Waals surface area contributed by atoms with E-state index in [1.807, 2.05) is 30.3 Å². The average molecular weight is 416 g/mol. The van der Waals surface area contributed by atoms with E-state index < -0.39 is 24.0 Å². The van der Waals surface area contributed by atoms with Crippen LogP contribution in [0, 0.1) is 0 Å². The summed E-state index contributed by atoms with van der Waals surface area (Å²) in [6.07, 6.45) is 0.233. The van der Waals surface area contributed by atoms with Gasteiger partial charge >= 0.3 is 18.0 Å². The molecule has 2 aromatic rings. The average Bonchev–Trinajstić information content (AvgIpc) is 2.77. The second kappa shape index (κ2) is 10.7. The maximum Gasteiger partial charge on any atom is 0.340 e. The number of hydrogen-bond donors (Lipinski definition) is 2. The summed E-state index contributed by atoms with van der Waals surface area (Å²) in [6, 6.07) is 10.3. The summed E-state index contributed by atoms with van der Waals surface area (Å²) >= 11 is 0. The molecule has 2 rings (SSSR count). The van der Waals surface area contributed by atoms with Gasteiger partial charge in [0.25, 0.3) is 0 Å². The van der Waals surface area contributed by atoms with Crippen molar-refractivity contribution in [3.8, 4) is 11.5 Å². The van der Waals surface area contributed by atoms with Gasteiger partial charge in [-0.2, -0.15) is 0 Å². The minimum absolute atomic E-state index is 0.0583. The Bertz CT molecular complexity index is 900. The number of urea groups is 1. The van der Waals surface area contributed by atoms with E-state index in [4.69, 9.17) is 18.9 Å². The maximum absolute atomic E-state index is 12.6. The smallest absolute Gasteiger partial charge is 0.340 e. The standard InChI is InChI=1S/C21H24N2O7/c1-27-17-11-14(19(24)29-3)15(12-18(17)28-2)22-21(26)23-16(20(25)30-4)10-13-8-6-5-7-9-13/h5-9,11-12,16H,10H2,1-4H3,(H2,22,23,26). The summed E-state index contributed by atoms with van der Waals surface area (Å²) in [4.78, 5) is 36.9. The van der Waals surface area contributed by atoms with Gasteiger partial charge in [0.1, 0.15) is 6.04 Å². The van der Waals surface area contributed by atoms with Crippen molar-refractivity contribution in [2.45, 2.75) is 12.5 Å². The molecule has 0 saturated carbocycles. The van der Waals surface area contributed by atoms with Gasteiger partial charge < -0.3 is 29.6 Å². The molecular weight excluding hydrogens is 392 g/mol. The fourth-order valence-electron chi connectivity index (χ4n) is 2.76. The van der Waals surface area contributed by atoms with Crippen LogP contribution in [0.3, 0.4) is 0 Å². The van der Waals surface area contributed by atoms with Crippen LogP contribution in [-0.2, 0) is 20.7 Å². The van der Waals surface area contributed by atoms with Gasteiger partial charge in [-0.3, -0.25) is 0 Å². The third-order valence-electron chi connectivity index (χ3n) is 4.25. The Balaban J connectivity index is 2.25. The summed E-state index contributed by atoms with van der Waals surface area (Å²) in [5.74, 6) is -0.691. The lowest BCUT2D eigenvalue weighted by Gasteiger charge is -2.19. The molecule has 160 valence electrons. The summed E-state index contributed by atoms with van der Waals surface area (Å²) in [5.41, 5.74) is 1.03. The van der Waals surface area contributed by atoms with Gasteiger partial charge in [-0.05, 0) is 5.56 Å². The predicted octanol–water partition coefficient (Wildman–Crippen LogP) is 2.40. The SMILES string of the molecule is COC(=O)c1cc(OC)c(OC)cc1NC(=O)NC(Cc1ccccc1)C(=O)OC. The Labute approximate surface area is 174 Å². The van der Waals surface area contributed by atoms with Crippen molar-refractivity contribution in [3.05, 3.63) is 53.6 Å². The highest BCUT2D eigenvalue weighted by atomic mass is 16.5. The van der Waals surface area contributed by atoms with Crippen LogP contribution in [0.1, 0.15) is 15.9 Å². The number of methoxy groups -OCH3 is 4. The van der Waals surface area contributed by atoms with E-state index in [0.29, 0.717) is 11.5 Å². The van der Waals surface area contributed by atoms with Crippen LogP contribution < -0.4 is 20.1 Å². The molecule has 0 aliphatic rings. The third-order valence-corrected chi connectivity index (χ3v) is 4.25. The topological polar surface area (TPSA) is 112 Å². The molecular formula is C21H24N2O7. The van der Waals surface area contributed by atoms with Crippen molar-refractivity contribution in [2.24, 2.45) is 0 Å². The van der Waals surface area contributed by atoms with Crippen LogP contribution in [0.15, 0.2) is 42.5 Å². The summed E-state index contributed by atoms with van der Waals surface area (Å²) < 4.78 is 20.0. The van der Waals surface area contributed by atoms with Gasteiger partial charge in [0.2, 0.25) is 0 Å². The number of rotatable bonds is 8. The van der Waals surface area contributed by atoms with Crippen molar-refractivity contribution >= 4 is 23.7 Å². The van der Waals surface area contributed by atoms with Crippen LogP contribution in [0.2, 0.25) is 0 Å². The van der Waals surface area contributed by atoms with Crippen LogP contribution in [0.5, 0.6) is 11.5 Å². The fraction of sp³-hybridized carbons (Fsp3) is 0.286. The highest BCUT2D eigenvalue weighted by molar-refractivity contribution is 6.02. The van der Waals surface area contributed by atoms with E-state index in [2.05, 4.69) is 10.6 Å². The quantitative estimate of drug-likeness (QED) is 0.636. The van der Waals surface area contributed by atoms with E-state index in [1.165, 1.54) is 40.6 Å². The van der Waals surface area contributed by atoms with Crippen molar-refractivity contribution < 1.29 is 33.3 Å². The molecule has 1 unspecified atom stereocenters. The van der Waals surface area contributed by atoms with E-state index in [-0.39, 0.29) is 17.7 Å². The zero-order valence-corrected chi connectivity index (χ0v) is 17.2. The molecule has 2 amide bonds. The number of amides is 2. The molecule has 2 N–H and O–H groups in total. The molecule has 0 saturated heterocycles. The van der Waals surface area contributed by atoms with Gasteiger partial charge in [-0.25, -0.2) is 14.4 Å². The molecule has 2 aromatic carbocycles. The molecule has 30 heavy (non-hydrogen) atoms. The van der Waals surface area contributed by atoms with Crippen LogP contribution in [-0.4, -0.2) is 52.5 Å². The van der Waals surface area contributed by atoms with E-state index >= 15 is 0 Å². The highest BCUT2D eigenvalue weighted by Crippen LogP contribution is 2.33. The molecule has 0 spiro atoms. The number of benzene rings is 2. The summed E-state index contributed by atoms with van der Waals surface area (Å²) in [6.45, 7) is 0. The normalized spacial score (nSPS) is 11.1. The van der Waals surface area contributed by atoms with Crippen LogP contribution in [0.25, 0.3) is 0 Å². The van der Waals surface area contributed by atoms with Crippen molar-refractivity contribution in [1.82, 2.24) is 5.32 Å². The number of nitrogens with one attached hydrogen (secondary N) is 2. The lowest BCUT2D eigenvalue weighted by Crippen LogP contribution is -2.45. The Morgan fingerprint density at radius 1 is 0.900 bits per heavy atom. The van der Waals surface area contributed by atoms with Crippen LogP contribution in [0.4, 0.5) is 10.5 Å². The van der Waals surface area contributed by atoms with Gasteiger partial charge in [-0.1, -0.05) is 30.3 Å². The number of anilines is 1. The van der Waals surface area contributed by atoms with Gasteiger partial charge in [0, 0.05) is 18.6 Å². The molecule has 0 radical (unpaired) electrons. The maximum atomic E-state index is 12.6. The molecule has 1 atom stereocenters. The van der Waals surface area contributed by atoms with Crippen molar-refractivity contribution in [1.29, 1.82) is 0 Å². The lowest BCUT2D eigenvalue weighted by molar-refractivity contribution is -0.142. The van der Waals surface area contributed by atoms with Crippen molar-refractivity contribution in [3.63, 3.8) is 0 Å². The van der Waals surface area contributed by atoms with E-state index in [1.54, 1.807) is 0 Å². The minimum Gasteiger partial charge on any atom is -0.493 e. The molecule has 0 fully saturated rings. The van der Waals surface area contributed by atoms with Gasteiger partial charge in [0.15, 0.2) is 11.5 Å². The van der Waals surface area contributed by atoms with E-state index in [9.17, 15) is 14.4 Å². The second-order valence-corrected chi connectivity index (χ2v) is 6.11. The number of carbonyl (C=O) groups excluding carboxylic acids is 3. The molecule has 9 heteroatoms. The largest absolute Gasteiger partial charge is 0.493 e. The fourth-order valence-corrected chi connectivity index (χ4v) is 2.76. The molecule has 0 aromatic heterocycles. The zero-order valence-electron chi connectivity index (χ0n) is 17.2. The predicted molar refractivity (Wildman–Crippen MR) is 109 cm³/mol. The van der Waals surface area contributed by atoms with Gasteiger partial charge in [0.05, 0.1) is 39.7 Å². The third kappa shape index (κ3) is 5.63. The highest BCUT2D eigenvalue weighted by Gasteiger charge is 2.24. The number of esters is 2. The summed E-state index contributed by atoms with van der Waals surface area (Å²) in [7, 11) is 5.30. The monoisotopic (exact) mass is 416 g/mol. The Hall–Kier alpha value is -3.75. The zero-order chi connectivity index (χ0) is 22.1. The second-order valence-electron chi connectivity index (χ2n) is 6.11. The molecule has 0 aliphatic heterocycles. The van der Waals surface area contributed by atoms with Gasteiger partial charge in [-0.15, -0.1) is 0 Å². The summed E-state index contributed by atoms with van der Waals surface area (Å²) in [5, 5.41) is 5.12. The van der Waals surface area contributed by atoms with Crippen molar-refractivity contribution in [2.75, 3.05) is 33.8 Å². The lowest BCUT2D eigenvalue weighted by atomic mass is 10.1. The number of hydrogen-bond acceptors (Lipinski definition) is 7.